The topological polar surface area (TPSA) is 31.9 Å². The van der Waals surface area contributed by atoms with Crippen LogP contribution in [-0.4, -0.2) is 28.0 Å². The highest BCUT2D eigenvalue weighted by molar-refractivity contribution is 5.14. The summed E-state index contributed by atoms with van der Waals surface area (Å²) in [7, 11) is 0. The molecule has 2 aromatic rings. The van der Waals surface area contributed by atoms with Gasteiger partial charge in [-0.15, -0.1) is 0 Å². The molecule has 2 heterocycles. The smallest absolute Gasteiger partial charge is 0.109 e. The Kier molecular flexibility index (Phi) is 3.65. The third-order valence-electron chi connectivity index (χ3n) is 3.95. The van der Waals surface area contributed by atoms with Gasteiger partial charge in [-0.25, -0.2) is 4.98 Å². The summed E-state index contributed by atoms with van der Waals surface area (Å²) in [4.78, 5) is 10.4. The molecule has 19 heavy (non-hydrogen) atoms. The first-order chi connectivity index (χ1) is 9.31. The standard InChI is InChI=1S/C16H21N3/c1-13-11-17-16(18-13)15-7-9-19(10-8-15)12-14-5-3-2-4-6-14/h2-6,11,15H,7-10,12H2,1H3,(H,17,18). The van der Waals surface area contributed by atoms with Gasteiger partial charge in [-0.3, -0.25) is 4.90 Å². The van der Waals surface area contributed by atoms with Crippen LogP contribution >= 0.6 is 0 Å². The molecule has 100 valence electrons. The molecule has 1 N–H and O–H groups in total. The molecule has 1 aromatic carbocycles. The van der Waals surface area contributed by atoms with Crippen molar-refractivity contribution in [1.82, 2.24) is 14.9 Å². The number of aromatic amines is 1. The van der Waals surface area contributed by atoms with Gasteiger partial charge in [-0.05, 0) is 38.4 Å². The van der Waals surface area contributed by atoms with Crippen molar-refractivity contribution in [1.29, 1.82) is 0 Å². The van der Waals surface area contributed by atoms with E-state index in [1.807, 2.05) is 6.20 Å². The molecule has 3 nitrogen and oxygen atoms in total. The molecule has 0 bridgehead atoms. The van der Waals surface area contributed by atoms with E-state index in [0.29, 0.717) is 5.92 Å². The maximum Gasteiger partial charge on any atom is 0.109 e. The van der Waals surface area contributed by atoms with Gasteiger partial charge in [0.05, 0.1) is 0 Å². The number of nitrogens with one attached hydrogen (secondary N) is 1. The monoisotopic (exact) mass is 255 g/mol. The number of rotatable bonds is 3. The third kappa shape index (κ3) is 3.04. The number of hydrogen-bond acceptors (Lipinski definition) is 2. The SMILES string of the molecule is Cc1cnc(C2CCN(Cc3ccccc3)CC2)[nH]1. The van der Waals surface area contributed by atoms with Crippen molar-refractivity contribution in [3.8, 4) is 0 Å². The summed E-state index contributed by atoms with van der Waals surface area (Å²) in [5.74, 6) is 1.79. The van der Waals surface area contributed by atoms with Gasteiger partial charge in [-0.1, -0.05) is 30.3 Å². The average molecular weight is 255 g/mol. The molecule has 0 atom stereocenters. The minimum atomic E-state index is 0.612. The van der Waals surface area contributed by atoms with Gasteiger partial charge in [0.1, 0.15) is 5.82 Å². The van der Waals surface area contributed by atoms with E-state index in [2.05, 4.69) is 52.1 Å². The van der Waals surface area contributed by atoms with Crippen LogP contribution in [-0.2, 0) is 6.54 Å². The first-order valence-corrected chi connectivity index (χ1v) is 7.09. The number of piperidine rings is 1. The molecule has 1 saturated heterocycles. The zero-order valence-electron chi connectivity index (χ0n) is 11.5. The number of hydrogen-bond donors (Lipinski definition) is 1. The Balaban J connectivity index is 1.55. The van der Waals surface area contributed by atoms with Crippen LogP contribution in [0.2, 0.25) is 0 Å². The van der Waals surface area contributed by atoms with Crippen molar-refractivity contribution < 1.29 is 0 Å². The van der Waals surface area contributed by atoms with Crippen molar-refractivity contribution in [2.75, 3.05) is 13.1 Å². The second-order valence-corrected chi connectivity index (χ2v) is 5.49. The number of aryl methyl sites for hydroxylation is 1. The van der Waals surface area contributed by atoms with Crippen molar-refractivity contribution in [2.45, 2.75) is 32.2 Å². The molecule has 1 aliphatic rings. The number of likely N-dealkylation sites (tertiary alicyclic amines) is 1. The van der Waals surface area contributed by atoms with E-state index in [0.717, 1.165) is 6.54 Å². The summed E-state index contributed by atoms with van der Waals surface area (Å²) in [6.45, 7) is 5.48. The summed E-state index contributed by atoms with van der Waals surface area (Å²) in [6.07, 6.45) is 4.35. The molecule has 0 aliphatic carbocycles. The van der Waals surface area contributed by atoms with E-state index in [1.54, 1.807) is 0 Å². The number of benzene rings is 1. The van der Waals surface area contributed by atoms with Gasteiger partial charge >= 0.3 is 0 Å². The Morgan fingerprint density at radius 1 is 1.21 bits per heavy atom. The van der Waals surface area contributed by atoms with Crippen molar-refractivity contribution >= 4 is 0 Å². The van der Waals surface area contributed by atoms with E-state index >= 15 is 0 Å². The summed E-state index contributed by atoms with van der Waals surface area (Å²) >= 11 is 0. The van der Waals surface area contributed by atoms with Gasteiger partial charge in [0.15, 0.2) is 0 Å². The molecular weight excluding hydrogens is 234 g/mol. The Morgan fingerprint density at radius 2 is 1.95 bits per heavy atom. The Morgan fingerprint density at radius 3 is 2.58 bits per heavy atom. The van der Waals surface area contributed by atoms with Gasteiger partial charge in [0, 0.05) is 24.4 Å². The highest BCUT2D eigenvalue weighted by Gasteiger charge is 2.22. The van der Waals surface area contributed by atoms with Gasteiger partial charge < -0.3 is 4.98 Å². The number of H-pyrrole nitrogens is 1. The summed E-state index contributed by atoms with van der Waals surface area (Å²) in [5, 5.41) is 0. The first kappa shape index (κ1) is 12.4. The van der Waals surface area contributed by atoms with Gasteiger partial charge in [0.2, 0.25) is 0 Å². The van der Waals surface area contributed by atoms with Crippen LogP contribution in [0, 0.1) is 6.92 Å². The number of aromatic nitrogens is 2. The molecule has 0 spiro atoms. The van der Waals surface area contributed by atoms with E-state index in [-0.39, 0.29) is 0 Å². The zero-order valence-corrected chi connectivity index (χ0v) is 11.5. The normalized spacial score (nSPS) is 17.7. The van der Waals surface area contributed by atoms with Crippen LogP contribution in [0.25, 0.3) is 0 Å². The molecule has 0 unspecified atom stereocenters. The van der Waals surface area contributed by atoms with Gasteiger partial charge in [0.25, 0.3) is 0 Å². The lowest BCUT2D eigenvalue weighted by molar-refractivity contribution is 0.202. The Labute approximate surface area is 114 Å². The summed E-state index contributed by atoms with van der Waals surface area (Å²) in [5.41, 5.74) is 2.58. The fraction of sp³-hybridized carbons (Fsp3) is 0.438. The van der Waals surface area contributed by atoms with E-state index < -0.39 is 0 Å². The first-order valence-electron chi connectivity index (χ1n) is 7.09. The molecular formula is C16H21N3. The molecule has 0 saturated carbocycles. The van der Waals surface area contributed by atoms with Crippen molar-refractivity contribution in [3.05, 3.63) is 53.6 Å². The molecule has 1 aliphatic heterocycles. The van der Waals surface area contributed by atoms with Crippen molar-refractivity contribution in [2.24, 2.45) is 0 Å². The van der Waals surface area contributed by atoms with Crippen LogP contribution in [0.4, 0.5) is 0 Å². The molecule has 3 heteroatoms. The van der Waals surface area contributed by atoms with Crippen LogP contribution in [0.3, 0.4) is 0 Å². The molecule has 3 rings (SSSR count). The quantitative estimate of drug-likeness (QED) is 0.914. The lowest BCUT2D eigenvalue weighted by atomic mass is 9.96. The summed E-state index contributed by atoms with van der Waals surface area (Å²) in [6, 6.07) is 10.7. The predicted molar refractivity (Wildman–Crippen MR) is 77.0 cm³/mol. The predicted octanol–water partition coefficient (Wildman–Crippen LogP) is 3.10. The Bertz CT molecular complexity index is 510. The maximum absolute atomic E-state index is 4.47. The second-order valence-electron chi connectivity index (χ2n) is 5.49. The lowest BCUT2D eigenvalue weighted by Crippen LogP contribution is -2.32. The zero-order chi connectivity index (χ0) is 13.1. The fourth-order valence-corrected chi connectivity index (χ4v) is 2.85. The van der Waals surface area contributed by atoms with E-state index in [4.69, 9.17) is 0 Å². The molecule has 0 radical (unpaired) electrons. The van der Waals surface area contributed by atoms with Gasteiger partial charge in [-0.2, -0.15) is 0 Å². The lowest BCUT2D eigenvalue weighted by Gasteiger charge is -2.31. The van der Waals surface area contributed by atoms with E-state index in [1.165, 1.54) is 43.0 Å². The number of imidazole rings is 1. The average Bonchev–Trinajstić information content (AvgIpc) is 2.87. The van der Waals surface area contributed by atoms with E-state index in [9.17, 15) is 0 Å². The Hall–Kier alpha value is -1.61. The van der Waals surface area contributed by atoms with Crippen LogP contribution in [0.15, 0.2) is 36.5 Å². The molecule has 1 aromatic heterocycles. The second kappa shape index (κ2) is 5.57. The fourth-order valence-electron chi connectivity index (χ4n) is 2.85. The summed E-state index contributed by atoms with van der Waals surface area (Å²) < 4.78 is 0. The highest BCUT2D eigenvalue weighted by Crippen LogP contribution is 2.26. The number of nitrogens with zero attached hydrogens (tertiary/aromatic N) is 2. The van der Waals surface area contributed by atoms with Crippen LogP contribution in [0.5, 0.6) is 0 Å². The maximum atomic E-state index is 4.47. The minimum absolute atomic E-state index is 0.612. The largest absolute Gasteiger partial charge is 0.346 e. The minimum Gasteiger partial charge on any atom is -0.346 e. The molecule has 1 fully saturated rings. The highest BCUT2D eigenvalue weighted by atomic mass is 15.1. The van der Waals surface area contributed by atoms with Crippen LogP contribution < -0.4 is 0 Å². The molecule has 0 amide bonds. The third-order valence-corrected chi connectivity index (χ3v) is 3.95. The van der Waals surface area contributed by atoms with Crippen LogP contribution in [0.1, 0.15) is 35.8 Å². The van der Waals surface area contributed by atoms with Crippen molar-refractivity contribution in [3.63, 3.8) is 0 Å².